The first kappa shape index (κ1) is 16.9. The Morgan fingerprint density at radius 2 is 1.90 bits per heavy atom. The van der Waals surface area contributed by atoms with Gasteiger partial charge in [-0.3, -0.25) is 9.59 Å². The van der Waals surface area contributed by atoms with Crippen molar-refractivity contribution in [1.82, 2.24) is 4.90 Å². The van der Waals surface area contributed by atoms with Gasteiger partial charge in [0.1, 0.15) is 12.3 Å². The van der Waals surface area contributed by atoms with Gasteiger partial charge in [0, 0.05) is 6.54 Å². The molecule has 0 saturated heterocycles. The lowest BCUT2D eigenvalue weighted by molar-refractivity contribution is -0.143. The van der Waals surface area contributed by atoms with Crippen LogP contribution in [-0.4, -0.2) is 43.1 Å². The van der Waals surface area contributed by atoms with Gasteiger partial charge >= 0.3 is 12.6 Å². The molecule has 5 nitrogen and oxygen atoms in total. The van der Waals surface area contributed by atoms with E-state index in [0.717, 1.165) is 0 Å². The van der Waals surface area contributed by atoms with Crippen LogP contribution >= 0.6 is 0 Å². The molecule has 0 spiro atoms. The van der Waals surface area contributed by atoms with Crippen LogP contribution in [0.3, 0.4) is 0 Å². The predicted molar refractivity (Wildman–Crippen MR) is 71.3 cm³/mol. The topological polar surface area (TPSA) is 55.8 Å². The number of para-hydroxylation sites is 1. The van der Waals surface area contributed by atoms with Gasteiger partial charge in [-0.25, -0.2) is 0 Å². The van der Waals surface area contributed by atoms with Crippen molar-refractivity contribution in [3.8, 4) is 5.75 Å². The standard InChI is InChI=1S/C14H17F2NO4/c1-3-17(9-12(18)20-4-2)13(19)10-7-5-6-8-11(10)21-14(15)16/h5-8,14H,3-4,9H2,1-2H3. The second-order valence-corrected chi connectivity index (χ2v) is 4.00. The Morgan fingerprint density at radius 3 is 2.48 bits per heavy atom. The number of carbonyl (C=O) groups excluding carboxylic acids is 2. The summed E-state index contributed by atoms with van der Waals surface area (Å²) in [6.07, 6.45) is 0. The summed E-state index contributed by atoms with van der Waals surface area (Å²) in [6, 6.07) is 5.66. The number of esters is 1. The first-order valence-electron chi connectivity index (χ1n) is 6.48. The van der Waals surface area contributed by atoms with E-state index in [1.54, 1.807) is 13.8 Å². The van der Waals surface area contributed by atoms with Crippen molar-refractivity contribution in [2.24, 2.45) is 0 Å². The van der Waals surface area contributed by atoms with Gasteiger partial charge in [0.2, 0.25) is 0 Å². The Kier molecular flexibility index (Phi) is 6.58. The highest BCUT2D eigenvalue weighted by Gasteiger charge is 2.22. The summed E-state index contributed by atoms with van der Waals surface area (Å²) in [5.41, 5.74) is -0.0241. The van der Waals surface area contributed by atoms with Crippen molar-refractivity contribution in [2.75, 3.05) is 19.7 Å². The van der Waals surface area contributed by atoms with Gasteiger partial charge in [-0.2, -0.15) is 8.78 Å². The number of likely N-dealkylation sites (N-methyl/N-ethyl adjacent to an activating group) is 1. The molecular formula is C14H17F2NO4. The maximum Gasteiger partial charge on any atom is 0.387 e. The van der Waals surface area contributed by atoms with Gasteiger partial charge < -0.3 is 14.4 Å². The number of hydrogen-bond acceptors (Lipinski definition) is 4. The normalized spacial score (nSPS) is 10.3. The van der Waals surface area contributed by atoms with Crippen molar-refractivity contribution in [3.63, 3.8) is 0 Å². The summed E-state index contributed by atoms with van der Waals surface area (Å²) < 4.78 is 33.8. The van der Waals surface area contributed by atoms with Crippen molar-refractivity contribution >= 4 is 11.9 Å². The predicted octanol–water partition coefficient (Wildman–Crippen LogP) is 2.31. The van der Waals surface area contributed by atoms with E-state index in [1.165, 1.54) is 29.2 Å². The van der Waals surface area contributed by atoms with Gasteiger partial charge in [-0.05, 0) is 26.0 Å². The van der Waals surface area contributed by atoms with E-state index >= 15 is 0 Å². The third-order valence-electron chi connectivity index (χ3n) is 2.63. The minimum atomic E-state index is -3.03. The lowest BCUT2D eigenvalue weighted by Crippen LogP contribution is -2.36. The van der Waals surface area contributed by atoms with E-state index in [-0.39, 0.29) is 31.0 Å². The number of benzene rings is 1. The summed E-state index contributed by atoms with van der Waals surface area (Å²) in [4.78, 5) is 25.0. The van der Waals surface area contributed by atoms with Crippen LogP contribution in [0.1, 0.15) is 24.2 Å². The van der Waals surface area contributed by atoms with Crippen molar-refractivity contribution in [3.05, 3.63) is 29.8 Å². The highest BCUT2D eigenvalue weighted by atomic mass is 19.3. The molecule has 0 saturated carbocycles. The number of ether oxygens (including phenoxy) is 2. The molecular weight excluding hydrogens is 284 g/mol. The molecule has 0 N–H and O–H groups in total. The number of nitrogens with zero attached hydrogens (tertiary/aromatic N) is 1. The Hall–Kier alpha value is -2.18. The van der Waals surface area contributed by atoms with Gasteiger partial charge in [0.15, 0.2) is 0 Å². The number of alkyl halides is 2. The molecule has 0 atom stereocenters. The molecule has 1 aromatic carbocycles. The monoisotopic (exact) mass is 301 g/mol. The van der Waals surface area contributed by atoms with Gasteiger partial charge in [-0.15, -0.1) is 0 Å². The zero-order chi connectivity index (χ0) is 15.8. The van der Waals surface area contributed by atoms with Gasteiger partial charge in [0.25, 0.3) is 5.91 Å². The molecule has 1 rings (SSSR count). The average molecular weight is 301 g/mol. The first-order chi connectivity index (χ1) is 9.99. The first-order valence-corrected chi connectivity index (χ1v) is 6.48. The molecule has 0 aliphatic heterocycles. The van der Waals surface area contributed by atoms with E-state index < -0.39 is 18.5 Å². The minimum absolute atomic E-state index is 0.0241. The number of amides is 1. The highest BCUT2D eigenvalue weighted by Crippen LogP contribution is 2.21. The van der Waals surface area contributed by atoms with Crippen molar-refractivity contribution in [2.45, 2.75) is 20.5 Å². The number of halogens is 2. The third kappa shape index (κ3) is 5.02. The average Bonchev–Trinajstić information content (AvgIpc) is 2.44. The van der Waals surface area contributed by atoms with E-state index in [4.69, 9.17) is 4.74 Å². The van der Waals surface area contributed by atoms with Crippen LogP contribution in [0.4, 0.5) is 8.78 Å². The summed E-state index contributed by atoms with van der Waals surface area (Å²) in [7, 11) is 0. The minimum Gasteiger partial charge on any atom is -0.465 e. The van der Waals surface area contributed by atoms with Crippen LogP contribution < -0.4 is 4.74 Å². The number of hydrogen-bond donors (Lipinski definition) is 0. The van der Waals surface area contributed by atoms with E-state index in [1.807, 2.05) is 0 Å². The van der Waals surface area contributed by atoms with Crippen molar-refractivity contribution < 1.29 is 27.8 Å². The molecule has 7 heteroatoms. The van der Waals surface area contributed by atoms with Crippen LogP contribution in [-0.2, 0) is 9.53 Å². The van der Waals surface area contributed by atoms with Crippen LogP contribution in [0.2, 0.25) is 0 Å². The molecule has 0 aromatic heterocycles. The molecule has 0 aliphatic carbocycles. The lowest BCUT2D eigenvalue weighted by atomic mass is 10.1. The fourth-order valence-corrected chi connectivity index (χ4v) is 1.70. The van der Waals surface area contributed by atoms with Gasteiger partial charge in [-0.1, -0.05) is 12.1 Å². The molecule has 0 bridgehead atoms. The molecule has 0 heterocycles. The molecule has 0 radical (unpaired) electrons. The summed E-state index contributed by atoms with van der Waals surface area (Å²) in [5, 5.41) is 0. The lowest BCUT2D eigenvalue weighted by Gasteiger charge is -2.21. The van der Waals surface area contributed by atoms with Crippen LogP contribution in [0.25, 0.3) is 0 Å². The molecule has 21 heavy (non-hydrogen) atoms. The molecule has 0 aliphatic rings. The highest BCUT2D eigenvalue weighted by molar-refractivity contribution is 5.98. The fraction of sp³-hybridized carbons (Fsp3) is 0.429. The maximum atomic E-state index is 12.3. The summed E-state index contributed by atoms with van der Waals surface area (Å²) in [6.45, 7) is 0.497. The van der Waals surface area contributed by atoms with Crippen LogP contribution in [0.5, 0.6) is 5.75 Å². The number of rotatable bonds is 7. The van der Waals surface area contributed by atoms with Crippen LogP contribution in [0, 0.1) is 0 Å². The van der Waals surface area contributed by atoms with Gasteiger partial charge in [0.05, 0.1) is 12.2 Å². The molecule has 116 valence electrons. The van der Waals surface area contributed by atoms with Crippen LogP contribution in [0.15, 0.2) is 24.3 Å². The smallest absolute Gasteiger partial charge is 0.387 e. The summed E-state index contributed by atoms with van der Waals surface area (Å²) in [5.74, 6) is -1.35. The van der Waals surface area contributed by atoms with E-state index in [9.17, 15) is 18.4 Å². The van der Waals surface area contributed by atoms with Crippen molar-refractivity contribution in [1.29, 1.82) is 0 Å². The Morgan fingerprint density at radius 1 is 1.24 bits per heavy atom. The SMILES string of the molecule is CCOC(=O)CN(CC)C(=O)c1ccccc1OC(F)F. The van der Waals surface area contributed by atoms with E-state index in [0.29, 0.717) is 0 Å². The molecule has 0 unspecified atom stereocenters. The summed E-state index contributed by atoms with van der Waals surface area (Å²) >= 11 is 0. The molecule has 0 fully saturated rings. The third-order valence-corrected chi connectivity index (χ3v) is 2.63. The second-order valence-electron chi connectivity index (χ2n) is 4.00. The Labute approximate surface area is 121 Å². The Balaban J connectivity index is 2.92. The van der Waals surface area contributed by atoms with E-state index in [2.05, 4.69) is 4.74 Å². The molecule has 1 amide bonds. The quantitative estimate of drug-likeness (QED) is 0.725. The maximum absolute atomic E-state index is 12.3. The number of carbonyl (C=O) groups is 2. The fourth-order valence-electron chi connectivity index (χ4n) is 1.70. The Bertz CT molecular complexity index is 494. The zero-order valence-electron chi connectivity index (χ0n) is 11.8. The largest absolute Gasteiger partial charge is 0.465 e. The zero-order valence-corrected chi connectivity index (χ0v) is 11.8. The second kappa shape index (κ2) is 8.18. The molecule has 1 aromatic rings.